The molecule has 2 aromatic rings. The Bertz CT molecular complexity index is 589. The van der Waals surface area contributed by atoms with Gasteiger partial charge in [-0.25, -0.2) is 4.98 Å². The molecule has 1 aromatic carbocycles. The zero-order valence-corrected chi connectivity index (χ0v) is 13.2. The number of rotatable bonds is 5. The highest BCUT2D eigenvalue weighted by atomic mass is 15.1. The number of aromatic nitrogens is 2. The summed E-state index contributed by atoms with van der Waals surface area (Å²) in [6, 6.07) is 8.40. The Kier molecular flexibility index (Phi) is 4.56. The summed E-state index contributed by atoms with van der Waals surface area (Å²) in [6.07, 6.45) is 2.68. The van der Waals surface area contributed by atoms with E-state index >= 15 is 0 Å². The third-order valence-electron chi connectivity index (χ3n) is 4.49. The number of hydrogen-bond donors (Lipinski definition) is 1. The van der Waals surface area contributed by atoms with Gasteiger partial charge in [0, 0.05) is 13.1 Å². The van der Waals surface area contributed by atoms with E-state index in [1.54, 1.807) is 0 Å². The number of piperidine rings is 1. The van der Waals surface area contributed by atoms with E-state index < -0.39 is 0 Å². The minimum Gasteiger partial charge on any atom is -0.327 e. The number of likely N-dealkylation sites (tertiary alicyclic amines) is 1. The summed E-state index contributed by atoms with van der Waals surface area (Å²) in [4.78, 5) is 7.21. The summed E-state index contributed by atoms with van der Waals surface area (Å²) in [5.74, 6) is 1.94. The van der Waals surface area contributed by atoms with Crippen LogP contribution in [-0.2, 0) is 13.1 Å². The summed E-state index contributed by atoms with van der Waals surface area (Å²) in [5.41, 5.74) is 2.35. The molecular weight excluding hydrogens is 260 g/mol. The van der Waals surface area contributed by atoms with Crippen molar-refractivity contribution in [1.82, 2.24) is 19.8 Å². The number of fused-ring (bicyclic) bond motifs is 1. The van der Waals surface area contributed by atoms with Gasteiger partial charge in [0.15, 0.2) is 0 Å². The van der Waals surface area contributed by atoms with Gasteiger partial charge in [0.05, 0.1) is 17.6 Å². The smallest absolute Gasteiger partial charge is 0.123 e. The highest BCUT2D eigenvalue weighted by Crippen LogP contribution is 2.17. The first-order valence-corrected chi connectivity index (χ1v) is 8.11. The lowest BCUT2D eigenvalue weighted by molar-refractivity contribution is 0.206. The lowest BCUT2D eigenvalue weighted by atomic mass is 9.98. The molecule has 21 heavy (non-hydrogen) atoms. The number of hydrogen-bond acceptors (Lipinski definition) is 3. The molecule has 0 saturated carbocycles. The predicted octanol–water partition coefficient (Wildman–Crippen LogP) is 2.49. The van der Waals surface area contributed by atoms with Gasteiger partial charge in [0.25, 0.3) is 0 Å². The van der Waals surface area contributed by atoms with Crippen molar-refractivity contribution in [2.24, 2.45) is 5.92 Å². The number of benzene rings is 1. The molecular formula is C17H26N4. The van der Waals surface area contributed by atoms with Crippen LogP contribution in [0.5, 0.6) is 0 Å². The van der Waals surface area contributed by atoms with Crippen molar-refractivity contribution in [3.8, 4) is 0 Å². The molecule has 1 saturated heterocycles. The largest absolute Gasteiger partial charge is 0.327 e. The fourth-order valence-corrected chi connectivity index (χ4v) is 3.44. The third-order valence-corrected chi connectivity index (χ3v) is 4.49. The topological polar surface area (TPSA) is 33.1 Å². The molecule has 0 aliphatic carbocycles. The Morgan fingerprint density at radius 3 is 3.00 bits per heavy atom. The van der Waals surface area contributed by atoms with E-state index in [1.807, 2.05) is 0 Å². The minimum atomic E-state index is 0.781. The summed E-state index contributed by atoms with van der Waals surface area (Å²) in [5, 5.41) is 3.62. The highest BCUT2D eigenvalue weighted by molar-refractivity contribution is 5.75. The molecule has 4 nitrogen and oxygen atoms in total. The average Bonchev–Trinajstić information content (AvgIpc) is 2.84. The predicted molar refractivity (Wildman–Crippen MR) is 87.3 cm³/mol. The molecule has 0 bridgehead atoms. The summed E-state index contributed by atoms with van der Waals surface area (Å²) in [6.45, 7) is 7.59. The number of imidazole rings is 1. The maximum absolute atomic E-state index is 4.77. The zero-order valence-electron chi connectivity index (χ0n) is 13.2. The molecule has 1 N–H and O–H groups in total. The van der Waals surface area contributed by atoms with Crippen molar-refractivity contribution in [2.45, 2.75) is 32.9 Å². The van der Waals surface area contributed by atoms with Crippen molar-refractivity contribution >= 4 is 11.0 Å². The van der Waals surface area contributed by atoms with Gasteiger partial charge in [0.1, 0.15) is 5.82 Å². The second-order valence-corrected chi connectivity index (χ2v) is 6.16. The highest BCUT2D eigenvalue weighted by Gasteiger charge is 2.17. The molecule has 114 valence electrons. The monoisotopic (exact) mass is 286 g/mol. The standard InChI is InChI=1S/C17H26N4/c1-3-21-16-9-5-4-8-15(16)19-17(21)12-18-11-14-7-6-10-20(2)13-14/h4-5,8-9,14,18H,3,6-7,10-13H2,1-2H3. The van der Waals surface area contributed by atoms with Crippen molar-refractivity contribution < 1.29 is 0 Å². The second-order valence-electron chi connectivity index (χ2n) is 6.16. The van der Waals surface area contributed by atoms with E-state index in [2.05, 4.69) is 53.0 Å². The van der Waals surface area contributed by atoms with Crippen molar-refractivity contribution in [3.63, 3.8) is 0 Å². The molecule has 1 aliphatic heterocycles. The molecule has 1 fully saturated rings. The molecule has 0 spiro atoms. The molecule has 1 atom stereocenters. The Balaban J connectivity index is 1.62. The molecule has 0 radical (unpaired) electrons. The van der Waals surface area contributed by atoms with E-state index in [1.165, 1.54) is 31.4 Å². The minimum absolute atomic E-state index is 0.781. The van der Waals surface area contributed by atoms with Crippen LogP contribution in [0, 0.1) is 5.92 Å². The lowest BCUT2D eigenvalue weighted by Gasteiger charge is -2.29. The van der Waals surface area contributed by atoms with Crippen LogP contribution in [-0.4, -0.2) is 41.1 Å². The van der Waals surface area contributed by atoms with Crippen LogP contribution in [0.15, 0.2) is 24.3 Å². The van der Waals surface area contributed by atoms with Crippen molar-refractivity contribution in [3.05, 3.63) is 30.1 Å². The fourth-order valence-electron chi connectivity index (χ4n) is 3.44. The van der Waals surface area contributed by atoms with E-state index in [4.69, 9.17) is 4.98 Å². The van der Waals surface area contributed by atoms with Crippen molar-refractivity contribution in [2.75, 3.05) is 26.7 Å². The Labute approximate surface area is 127 Å². The van der Waals surface area contributed by atoms with E-state index in [9.17, 15) is 0 Å². The van der Waals surface area contributed by atoms with Crippen LogP contribution in [0.3, 0.4) is 0 Å². The van der Waals surface area contributed by atoms with Gasteiger partial charge in [-0.15, -0.1) is 0 Å². The molecule has 1 unspecified atom stereocenters. The van der Waals surface area contributed by atoms with Gasteiger partial charge in [-0.3, -0.25) is 0 Å². The Morgan fingerprint density at radius 1 is 1.33 bits per heavy atom. The number of para-hydroxylation sites is 2. The number of nitrogens with one attached hydrogen (secondary N) is 1. The summed E-state index contributed by atoms with van der Waals surface area (Å²) in [7, 11) is 2.22. The SMILES string of the molecule is CCn1c(CNCC2CCCN(C)C2)nc2ccccc21. The normalized spacial score (nSPS) is 20.2. The van der Waals surface area contributed by atoms with Crippen LogP contribution >= 0.6 is 0 Å². The first-order chi connectivity index (χ1) is 10.3. The van der Waals surface area contributed by atoms with Gasteiger partial charge in [-0.2, -0.15) is 0 Å². The van der Waals surface area contributed by atoms with Crippen molar-refractivity contribution in [1.29, 1.82) is 0 Å². The molecule has 3 rings (SSSR count). The third kappa shape index (κ3) is 3.27. The van der Waals surface area contributed by atoms with Crippen LogP contribution in [0.25, 0.3) is 11.0 Å². The molecule has 2 heterocycles. The Morgan fingerprint density at radius 2 is 2.19 bits per heavy atom. The first kappa shape index (κ1) is 14.5. The van der Waals surface area contributed by atoms with Gasteiger partial charge in [-0.1, -0.05) is 12.1 Å². The summed E-state index contributed by atoms with van der Waals surface area (Å²) < 4.78 is 2.31. The van der Waals surface area contributed by atoms with Crippen LogP contribution in [0.4, 0.5) is 0 Å². The molecule has 0 amide bonds. The van der Waals surface area contributed by atoms with Crippen LogP contribution < -0.4 is 5.32 Å². The first-order valence-electron chi connectivity index (χ1n) is 8.11. The zero-order chi connectivity index (χ0) is 14.7. The molecule has 1 aliphatic rings. The van der Waals surface area contributed by atoms with E-state index in [0.717, 1.165) is 36.9 Å². The number of nitrogens with zero attached hydrogens (tertiary/aromatic N) is 3. The van der Waals surface area contributed by atoms with Crippen LogP contribution in [0.2, 0.25) is 0 Å². The van der Waals surface area contributed by atoms with Gasteiger partial charge < -0.3 is 14.8 Å². The molecule has 4 heteroatoms. The lowest BCUT2D eigenvalue weighted by Crippen LogP contribution is -2.37. The van der Waals surface area contributed by atoms with E-state index in [-0.39, 0.29) is 0 Å². The number of aryl methyl sites for hydroxylation is 1. The summed E-state index contributed by atoms with van der Waals surface area (Å²) >= 11 is 0. The molecule has 1 aromatic heterocycles. The van der Waals surface area contributed by atoms with Gasteiger partial charge in [0.2, 0.25) is 0 Å². The maximum Gasteiger partial charge on any atom is 0.123 e. The second kappa shape index (κ2) is 6.58. The average molecular weight is 286 g/mol. The van der Waals surface area contributed by atoms with Gasteiger partial charge >= 0.3 is 0 Å². The quantitative estimate of drug-likeness (QED) is 0.916. The maximum atomic E-state index is 4.77. The fraction of sp³-hybridized carbons (Fsp3) is 0.588. The van der Waals surface area contributed by atoms with Gasteiger partial charge in [-0.05, 0) is 58.0 Å². The van der Waals surface area contributed by atoms with E-state index in [0.29, 0.717) is 0 Å². The van der Waals surface area contributed by atoms with Crippen LogP contribution in [0.1, 0.15) is 25.6 Å². The Hall–Kier alpha value is -1.39.